The van der Waals surface area contributed by atoms with E-state index in [2.05, 4.69) is 0 Å². The van der Waals surface area contributed by atoms with Crippen LogP contribution in [-0.4, -0.2) is 35.3 Å². The third kappa shape index (κ3) is 2.49. The molecule has 0 aliphatic heterocycles. The molecule has 0 saturated carbocycles. The van der Waals surface area contributed by atoms with Crippen molar-refractivity contribution >= 4 is 23.1 Å². The van der Waals surface area contributed by atoms with Crippen LogP contribution in [0.3, 0.4) is 0 Å². The minimum absolute atomic E-state index is 0.672. The average Bonchev–Trinajstić information content (AvgIpc) is 2.70. The summed E-state index contributed by atoms with van der Waals surface area (Å²) in [6.07, 6.45) is 0. The van der Waals surface area contributed by atoms with Crippen molar-refractivity contribution in [1.82, 2.24) is 0 Å². The maximum absolute atomic E-state index is 13.9. The van der Waals surface area contributed by atoms with E-state index in [0.717, 1.165) is 6.92 Å². The second-order valence-corrected chi connectivity index (χ2v) is 6.57. The lowest BCUT2D eigenvalue weighted by Crippen LogP contribution is -2.50. The molecule has 1 aliphatic rings. The molecule has 0 radical (unpaired) electrons. The van der Waals surface area contributed by atoms with Crippen molar-refractivity contribution < 1.29 is 32.7 Å². The van der Waals surface area contributed by atoms with E-state index in [9.17, 15) is 28.0 Å². The zero-order valence-electron chi connectivity index (χ0n) is 13.7. The van der Waals surface area contributed by atoms with Crippen LogP contribution < -0.4 is 0 Å². The molecular weight excluding hydrogens is 322 g/mol. The Hall–Kier alpha value is -2.28. The lowest BCUT2D eigenvalue weighted by molar-refractivity contribution is -0.139. The molecule has 24 heavy (non-hydrogen) atoms. The highest BCUT2D eigenvalue weighted by atomic mass is 19.1. The fourth-order valence-electron chi connectivity index (χ4n) is 2.63. The largest absolute Gasteiger partial charge is 0.368 e. The predicted molar refractivity (Wildman–Crippen MR) is 78.8 cm³/mol. The van der Waals surface area contributed by atoms with Gasteiger partial charge in [0.15, 0.2) is 23.1 Å². The third-order valence-electron chi connectivity index (χ3n) is 3.82. The van der Waals surface area contributed by atoms with Gasteiger partial charge in [-0.2, -0.15) is 0 Å². The van der Waals surface area contributed by atoms with E-state index >= 15 is 0 Å². The van der Waals surface area contributed by atoms with Gasteiger partial charge >= 0.3 is 0 Å². The minimum Gasteiger partial charge on any atom is -0.368 e. The standard InChI is InChI=1S/C17H16F2O5/c1-8(20)17(11(21)7-24-16(2,3)4)14(22)12-9(18)5-6-10(19)13(12)15(17)23/h5-6H,7H2,1-4H3. The zero-order chi connectivity index (χ0) is 18.4. The van der Waals surface area contributed by atoms with Gasteiger partial charge in [0, 0.05) is 0 Å². The molecule has 1 aromatic rings. The molecule has 0 fully saturated rings. The number of hydrogen-bond donors (Lipinski definition) is 0. The number of halogens is 2. The number of ether oxygens (including phenoxy) is 1. The highest BCUT2D eigenvalue weighted by Gasteiger charge is 2.63. The average molecular weight is 338 g/mol. The van der Waals surface area contributed by atoms with Crippen molar-refractivity contribution in [2.75, 3.05) is 6.61 Å². The Balaban J connectivity index is 2.61. The van der Waals surface area contributed by atoms with Crippen LogP contribution in [0.1, 0.15) is 48.4 Å². The molecule has 1 aliphatic carbocycles. The summed E-state index contributed by atoms with van der Waals surface area (Å²) in [7, 11) is 0. The Bertz CT molecular complexity index is 733. The van der Waals surface area contributed by atoms with Crippen molar-refractivity contribution in [1.29, 1.82) is 0 Å². The molecule has 0 bridgehead atoms. The first-order valence-electron chi connectivity index (χ1n) is 7.20. The van der Waals surface area contributed by atoms with Gasteiger partial charge in [-0.25, -0.2) is 8.78 Å². The van der Waals surface area contributed by atoms with Gasteiger partial charge in [-0.1, -0.05) is 0 Å². The van der Waals surface area contributed by atoms with Crippen molar-refractivity contribution in [2.45, 2.75) is 33.3 Å². The van der Waals surface area contributed by atoms with E-state index in [0.29, 0.717) is 12.1 Å². The monoisotopic (exact) mass is 338 g/mol. The van der Waals surface area contributed by atoms with E-state index in [1.807, 2.05) is 0 Å². The molecule has 5 nitrogen and oxygen atoms in total. The van der Waals surface area contributed by atoms with Gasteiger partial charge in [-0.15, -0.1) is 0 Å². The van der Waals surface area contributed by atoms with Crippen LogP contribution in [0.5, 0.6) is 0 Å². The molecule has 0 unspecified atom stereocenters. The first-order chi connectivity index (χ1) is 10.9. The Morgan fingerprint density at radius 1 is 1.04 bits per heavy atom. The third-order valence-corrected chi connectivity index (χ3v) is 3.82. The van der Waals surface area contributed by atoms with Gasteiger partial charge in [0.25, 0.3) is 0 Å². The fourth-order valence-corrected chi connectivity index (χ4v) is 2.63. The highest BCUT2D eigenvalue weighted by molar-refractivity contribution is 6.49. The SMILES string of the molecule is CC(=O)C1(C(=O)COC(C)(C)C)C(=O)c2c(F)ccc(F)c2C1=O. The van der Waals surface area contributed by atoms with Crippen molar-refractivity contribution in [2.24, 2.45) is 5.41 Å². The number of carbonyl (C=O) groups is 4. The maximum atomic E-state index is 13.9. The van der Waals surface area contributed by atoms with Crippen LogP contribution in [0.2, 0.25) is 0 Å². The molecule has 128 valence electrons. The Morgan fingerprint density at radius 2 is 1.46 bits per heavy atom. The zero-order valence-corrected chi connectivity index (χ0v) is 13.7. The molecule has 1 aromatic carbocycles. The van der Waals surface area contributed by atoms with Crippen LogP contribution in [-0.2, 0) is 14.3 Å². The molecule has 7 heteroatoms. The van der Waals surface area contributed by atoms with Crippen molar-refractivity contribution in [3.05, 3.63) is 34.9 Å². The topological polar surface area (TPSA) is 77.5 Å². The van der Waals surface area contributed by atoms with Gasteiger partial charge in [-0.3, -0.25) is 19.2 Å². The summed E-state index contributed by atoms with van der Waals surface area (Å²) < 4.78 is 33.1. The Labute approximate surface area is 137 Å². The Morgan fingerprint density at radius 3 is 1.79 bits per heavy atom. The first kappa shape index (κ1) is 18.1. The summed E-state index contributed by atoms with van der Waals surface area (Å²) in [5.74, 6) is -7.20. The summed E-state index contributed by atoms with van der Waals surface area (Å²) in [5.41, 5.74) is -5.28. The van der Waals surface area contributed by atoms with Gasteiger partial charge in [-0.05, 0) is 39.8 Å². The van der Waals surface area contributed by atoms with Gasteiger partial charge in [0.1, 0.15) is 18.2 Å². The van der Waals surface area contributed by atoms with Crippen molar-refractivity contribution in [3.8, 4) is 0 Å². The van der Waals surface area contributed by atoms with Gasteiger partial charge in [0.05, 0.1) is 16.7 Å². The van der Waals surface area contributed by atoms with E-state index in [4.69, 9.17) is 4.74 Å². The quantitative estimate of drug-likeness (QED) is 0.787. The Kier molecular flexibility index (Phi) is 4.26. The van der Waals surface area contributed by atoms with Gasteiger partial charge < -0.3 is 4.74 Å². The number of benzene rings is 1. The van der Waals surface area contributed by atoms with Gasteiger partial charge in [0.2, 0.25) is 5.41 Å². The summed E-state index contributed by atoms with van der Waals surface area (Å²) in [6, 6.07) is 1.34. The molecule has 0 N–H and O–H groups in total. The predicted octanol–water partition coefficient (Wildman–Crippen LogP) is 2.30. The van der Waals surface area contributed by atoms with Crippen LogP contribution in [0.25, 0.3) is 0 Å². The van der Waals surface area contributed by atoms with Crippen LogP contribution in [0, 0.1) is 17.0 Å². The van der Waals surface area contributed by atoms with E-state index in [1.54, 1.807) is 20.8 Å². The number of hydrogen-bond acceptors (Lipinski definition) is 5. The molecule has 0 spiro atoms. The molecule has 0 amide bonds. The van der Waals surface area contributed by atoms with E-state index in [-0.39, 0.29) is 0 Å². The second-order valence-electron chi connectivity index (χ2n) is 6.57. The lowest BCUT2D eigenvalue weighted by Gasteiger charge is -2.24. The minimum atomic E-state index is -2.78. The van der Waals surface area contributed by atoms with Crippen molar-refractivity contribution in [3.63, 3.8) is 0 Å². The summed E-state index contributed by atoms with van der Waals surface area (Å²) >= 11 is 0. The number of rotatable bonds is 4. The summed E-state index contributed by atoms with van der Waals surface area (Å²) in [6.45, 7) is 5.05. The highest BCUT2D eigenvalue weighted by Crippen LogP contribution is 2.41. The summed E-state index contributed by atoms with van der Waals surface area (Å²) in [5, 5.41) is 0. The summed E-state index contributed by atoms with van der Waals surface area (Å²) in [4.78, 5) is 49.8. The van der Waals surface area contributed by atoms with E-state index in [1.165, 1.54) is 0 Å². The molecular formula is C17H16F2O5. The molecule has 2 rings (SSSR count). The second kappa shape index (κ2) is 5.66. The smallest absolute Gasteiger partial charge is 0.214 e. The fraction of sp³-hybridized carbons (Fsp3) is 0.412. The lowest BCUT2D eigenvalue weighted by atomic mass is 9.75. The van der Waals surface area contributed by atoms with Crippen LogP contribution >= 0.6 is 0 Å². The first-order valence-corrected chi connectivity index (χ1v) is 7.20. The molecule has 0 heterocycles. The number of Topliss-reactive ketones (excluding diaryl/α,β-unsaturated/α-hetero) is 4. The van der Waals surface area contributed by atoms with Crippen LogP contribution in [0.4, 0.5) is 8.78 Å². The number of fused-ring (bicyclic) bond motifs is 1. The number of ketones is 4. The molecule has 0 atom stereocenters. The maximum Gasteiger partial charge on any atom is 0.214 e. The normalized spacial score (nSPS) is 16.2. The molecule has 0 saturated heterocycles. The number of carbonyl (C=O) groups excluding carboxylic acids is 4. The molecule has 0 aromatic heterocycles. The van der Waals surface area contributed by atoms with E-state index < -0.39 is 63.5 Å². The van der Waals surface area contributed by atoms with Crippen LogP contribution in [0.15, 0.2) is 12.1 Å².